The van der Waals surface area contributed by atoms with Gasteiger partial charge in [-0.25, -0.2) is 0 Å². The van der Waals surface area contributed by atoms with Crippen LogP contribution in [0.25, 0.3) is 0 Å². The summed E-state index contributed by atoms with van der Waals surface area (Å²) in [5.41, 5.74) is 6.05. The molecule has 0 saturated heterocycles. The summed E-state index contributed by atoms with van der Waals surface area (Å²) in [6.45, 7) is 6.29. The van der Waals surface area contributed by atoms with Crippen LogP contribution in [0, 0.1) is 13.8 Å². The number of likely N-dealkylation sites (N-methyl/N-ethyl adjacent to an activating group) is 1. The van der Waals surface area contributed by atoms with Gasteiger partial charge in [-0.15, -0.1) is 0 Å². The Morgan fingerprint density at radius 2 is 1.90 bits per heavy atom. The lowest BCUT2D eigenvalue weighted by atomic mass is 9.94. The van der Waals surface area contributed by atoms with Gasteiger partial charge in [-0.1, -0.05) is 31.2 Å². The van der Waals surface area contributed by atoms with Gasteiger partial charge in [-0.2, -0.15) is 10.2 Å². The molecule has 1 unspecified atom stereocenters. The van der Waals surface area contributed by atoms with Crippen molar-refractivity contribution < 1.29 is 0 Å². The van der Waals surface area contributed by atoms with Gasteiger partial charge in [0, 0.05) is 6.04 Å². The van der Waals surface area contributed by atoms with Gasteiger partial charge in [-0.05, 0) is 56.5 Å². The van der Waals surface area contributed by atoms with E-state index in [1.54, 1.807) is 0 Å². The van der Waals surface area contributed by atoms with Crippen molar-refractivity contribution >= 4 is 0 Å². The average Bonchev–Trinajstić information content (AvgIpc) is 2.46. The monoisotopic (exact) mass is 269 g/mol. The molecule has 2 rings (SSSR count). The fourth-order valence-corrected chi connectivity index (χ4v) is 2.54. The third-order valence-electron chi connectivity index (χ3n) is 3.77. The molecule has 3 nitrogen and oxygen atoms in total. The minimum atomic E-state index is 0.278. The molecular formula is C17H23N3. The molecule has 2 aromatic rings. The van der Waals surface area contributed by atoms with Crippen LogP contribution in [-0.4, -0.2) is 17.2 Å². The van der Waals surface area contributed by atoms with Crippen molar-refractivity contribution in [2.75, 3.05) is 7.05 Å². The molecule has 1 aromatic heterocycles. The highest BCUT2D eigenvalue weighted by Gasteiger charge is 2.16. The van der Waals surface area contributed by atoms with E-state index in [0.29, 0.717) is 0 Å². The molecule has 0 bridgehead atoms. The standard InChI is InChI=1S/C17H23N3/c1-5-16-15(10-13(3)19-20-16)17(18-4)11-14-9-7-6-8-12(14)2/h6-10,17-18H,5,11H2,1-4H3. The van der Waals surface area contributed by atoms with E-state index in [-0.39, 0.29) is 6.04 Å². The van der Waals surface area contributed by atoms with E-state index in [9.17, 15) is 0 Å². The molecule has 0 amide bonds. The highest BCUT2D eigenvalue weighted by molar-refractivity contribution is 5.31. The Kier molecular flexibility index (Phi) is 4.85. The number of nitrogens with zero attached hydrogens (tertiary/aromatic N) is 2. The van der Waals surface area contributed by atoms with Crippen LogP contribution >= 0.6 is 0 Å². The van der Waals surface area contributed by atoms with Crippen molar-refractivity contribution in [1.82, 2.24) is 15.5 Å². The van der Waals surface area contributed by atoms with Crippen LogP contribution in [0.3, 0.4) is 0 Å². The van der Waals surface area contributed by atoms with Crippen molar-refractivity contribution in [3.8, 4) is 0 Å². The van der Waals surface area contributed by atoms with E-state index >= 15 is 0 Å². The van der Waals surface area contributed by atoms with Crippen molar-refractivity contribution in [2.45, 2.75) is 39.7 Å². The Hall–Kier alpha value is -1.74. The predicted octanol–water partition coefficient (Wildman–Crippen LogP) is 3.16. The summed E-state index contributed by atoms with van der Waals surface area (Å²) in [5, 5.41) is 11.9. The van der Waals surface area contributed by atoms with Gasteiger partial charge in [0.2, 0.25) is 0 Å². The quantitative estimate of drug-likeness (QED) is 0.906. The summed E-state index contributed by atoms with van der Waals surface area (Å²) in [6.07, 6.45) is 1.88. The lowest BCUT2D eigenvalue weighted by molar-refractivity contribution is 0.577. The Bertz CT molecular complexity index is 578. The summed E-state index contributed by atoms with van der Waals surface area (Å²) in [6, 6.07) is 11.0. The molecule has 0 radical (unpaired) electrons. The Labute approximate surface area is 121 Å². The molecule has 0 spiro atoms. The first-order valence-corrected chi connectivity index (χ1v) is 7.20. The fourth-order valence-electron chi connectivity index (χ4n) is 2.54. The van der Waals surface area contributed by atoms with E-state index in [0.717, 1.165) is 24.2 Å². The van der Waals surface area contributed by atoms with Crippen molar-refractivity contribution in [1.29, 1.82) is 0 Å². The van der Waals surface area contributed by atoms with E-state index in [1.807, 2.05) is 14.0 Å². The zero-order valence-corrected chi connectivity index (χ0v) is 12.8. The second kappa shape index (κ2) is 6.62. The molecule has 0 aliphatic carbocycles. The summed E-state index contributed by atoms with van der Waals surface area (Å²) in [7, 11) is 2.01. The molecule has 1 heterocycles. The van der Waals surface area contributed by atoms with Crippen molar-refractivity contribution in [2.24, 2.45) is 0 Å². The molecule has 3 heteroatoms. The maximum absolute atomic E-state index is 4.34. The first kappa shape index (κ1) is 14.7. The molecule has 20 heavy (non-hydrogen) atoms. The molecule has 0 aliphatic heterocycles. The maximum atomic E-state index is 4.34. The van der Waals surface area contributed by atoms with Gasteiger partial charge in [0.25, 0.3) is 0 Å². The summed E-state index contributed by atoms with van der Waals surface area (Å²) >= 11 is 0. The van der Waals surface area contributed by atoms with Crippen LogP contribution in [0.15, 0.2) is 30.3 Å². The molecule has 0 fully saturated rings. The van der Waals surface area contributed by atoms with E-state index in [2.05, 4.69) is 59.7 Å². The number of nitrogens with one attached hydrogen (secondary N) is 1. The number of aromatic nitrogens is 2. The topological polar surface area (TPSA) is 37.8 Å². The zero-order chi connectivity index (χ0) is 14.5. The van der Waals surface area contributed by atoms with Gasteiger partial charge in [0.1, 0.15) is 0 Å². The van der Waals surface area contributed by atoms with E-state index in [1.165, 1.54) is 16.7 Å². The maximum Gasteiger partial charge on any atom is 0.0676 e. The lowest BCUT2D eigenvalue weighted by Gasteiger charge is -2.20. The highest BCUT2D eigenvalue weighted by Crippen LogP contribution is 2.23. The Balaban J connectivity index is 2.33. The van der Waals surface area contributed by atoms with E-state index in [4.69, 9.17) is 0 Å². The fraction of sp³-hybridized carbons (Fsp3) is 0.412. The number of hydrogen-bond acceptors (Lipinski definition) is 3. The third kappa shape index (κ3) is 3.23. The van der Waals surface area contributed by atoms with Gasteiger partial charge >= 0.3 is 0 Å². The summed E-state index contributed by atoms with van der Waals surface area (Å²) < 4.78 is 0. The SMILES string of the molecule is CCc1nnc(C)cc1C(Cc1ccccc1C)NC. The first-order chi connectivity index (χ1) is 9.65. The lowest BCUT2D eigenvalue weighted by Crippen LogP contribution is -2.21. The Morgan fingerprint density at radius 1 is 1.15 bits per heavy atom. The van der Waals surface area contributed by atoms with Crippen molar-refractivity contribution in [3.05, 3.63) is 58.4 Å². The van der Waals surface area contributed by atoms with Crippen molar-refractivity contribution in [3.63, 3.8) is 0 Å². The number of benzene rings is 1. The molecule has 0 saturated carbocycles. The zero-order valence-electron chi connectivity index (χ0n) is 12.8. The largest absolute Gasteiger partial charge is 0.313 e. The molecule has 1 aromatic carbocycles. The molecule has 1 atom stereocenters. The second-order valence-corrected chi connectivity index (χ2v) is 5.21. The average molecular weight is 269 g/mol. The second-order valence-electron chi connectivity index (χ2n) is 5.21. The van der Waals surface area contributed by atoms with Crippen LogP contribution < -0.4 is 5.32 Å². The minimum Gasteiger partial charge on any atom is -0.313 e. The summed E-state index contributed by atoms with van der Waals surface area (Å²) in [4.78, 5) is 0. The van der Waals surface area contributed by atoms with Gasteiger partial charge in [0.15, 0.2) is 0 Å². The van der Waals surface area contributed by atoms with E-state index < -0.39 is 0 Å². The number of aryl methyl sites for hydroxylation is 3. The van der Waals surface area contributed by atoms with Gasteiger partial charge in [0.05, 0.1) is 11.4 Å². The van der Waals surface area contributed by atoms with Crippen LogP contribution in [0.2, 0.25) is 0 Å². The van der Waals surface area contributed by atoms with Crippen LogP contribution in [0.4, 0.5) is 0 Å². The smallest absolute Gasteiger partial charge is 0.0676 e. The van der Waals surface area contributed by atoms with Gasteiger partial charge < -0.3 is 5.32 Å². The number of rotatable bonds is 5. The highest BCUT2D eigenvalue weighted by atomic mass is 15.1. The van der Waals surface area contributed by atoms with Crippen LogP contribution in [-0.2, 0) is 12.8 Å². The summed E-state index contributed by atoms with van der Waals surface area (Å²) in [5.74, 6) is 0. The van der Waals surface area contributed by atoms with Crippen LogP contribution in [0.5, 0.6) is 0 Å². The molecule has 106 valence electrons. The predicted molar refractivity (Wildman–Crippen MR) is 82.8 cm³/mol. The van der Waals surface area contributed by atoms with Crippen LogP contribution in [0.1, 0.15) is 41.0 Å². The number of hydrogen-bond donors (Lipinski definition) is 1. The normalized spacial score (nSPS) is 12.4. The molecule has 0 aliphatic rings. The molecular weight excluding hydrogens is 246 g/mol. The van der Waals surface area contributed by atoms with Gasteiger partial charge in [-0.3, -0.25) is 0 Å². The Morgan fingerprint density at radius 3 is 2.55 bits per heavy atom. The first-order valence-electron chi connectivity index (χ1n) is 7.20. The molecule has 1 N–H and O–H groups in total. The third-order valence-corrected chi connectivity index (χ3v) is 3.77. The minimum absolute atomic E-state index is 0.278.